The van der Waals surface area contributed by atoms with Crippen LogP contribution in [0.25, 0.3) is 0 Å². The molecule has 0 radical (unpaired) electrons. The van der Waals surface area contributed by atoms with E-state index in [-0.39, 0.29) is 5.75 Å². The van der Waals surface area contributed by atoms with E-state index < -0.39 is 5.97 Å². The van der Waals surface area contributed by atoms with Gasteiger partial charge in [-0.2, -0.15) is 0 Å². The second-order valence-corrected chi connectivity index (χ2v) is 5.19. The molecule has 0 heterocycles. The quantitative estimate of drug-likeness (QED) is 0.835. The van der Waals surface area contributed by atoms with E-state index in [4.69, 9.17) is 21.4 Å². The average molecular weight is 295 g/mol. The number of carbonyl (C=O) groups is 1. The molecule has 5 heteroatoms. The molecule has 0 bridgehead atoms. The lowest BCUT2D eigenvalue weighted by Crippen LogP contribution is -1.97. The summed E-state index contributed by atoms with van der Waals surface area (Å²) in [5.74, 6) is 0.626. The Morgan fingerprint density at radius 1 is 1.05 bits per heavy atom. The van der Waals surface area contributed by atoms with Crippen LogP contribution in [0, 0.1) is 0 Å². The molecule has 2 aromatic rings. The lowest BCUT2D eigenvalue weighted by molar-refractivity contribution is -0.133. The van der Waals surface area contributed by atoms with Crippen molar-refractivity contribution in [3.63, 3.8) is 0 Å². The zero-order valence-electron chi connectivity index (χ0n) is 9.88. The normalized spacial score (nSPS) is 10.2. The smallest absolute Gasteiger partial charge is 0.313 e. The van der Waals surface area contributed by atoms with Crippen molar-refractivity contribution in [2.45, 2.75) is 4.90 Å². The zero-order valence-corrected chi connectivity index (χ0v) is 11.4. The molecule has 19 heavy (non-hydrogen) atoms. The molecule has 0 aromatic heterocycles. The van der Waals surface area contributed by atoms with Crippen LogP contribution in [0.5, 0.6) is 11.5 Å². The molecule has 0 amide bonds. The summed E-state index contributed by atoms with van der Waals surface area (Å²) < 4.78 is 5.63. The highest BCUT2D eigenvalue weighted by Crippen LogP contribution is 2.26. The molecule has 0 aliphatic rings. The van der Waals surface area contributed by atoms with E-state index in [9.17, 15) is 4.79 Å². The van der Waals surface area contributed by atoms with Gasteiger partial charge in [-0.05, 0) is 48.5 Å². The van der Waals surface area contributed by atoms with E-state index in [0.717, 1.165) is 4.90 Å². The minimum atomic E-state index is -0.827. The SMILES string of the molecule is O=C(O)CSc1ccc(Oc2ccc(Cl)cc2)cc1. The third kappa shape index (κ3) is 4.50. The standard InChI is InChI=1S/C14H11ClO3S/c15-10-1-3-11(4-2-10)18-12-5-7-13(8-6-12)19-9-14(16)17/h1-8H,9H2,(H,16,17). The Labute approximate surface area is 120 Å². The van der Waals surface area contributed by atoms with Crippen LogP contribution in [0.4, 0.5) is 0 Å². The third-order valence-electron chi connectivity index (χ3n) is 2.24. The number of halogens is 1. The Morgan fingerprint density at radius 3 is 2.11 bits per heavy atom. The molecule has 3 nitrogen and oxygen atoms in total. The van der Waals surface area contributed by atoms with Crippen molar-refractivity contribution in [2.24, 2.45) is 0 Å². The van der Waals surface area contributed by atoms with Crippen LogP contribution in [0.1, 0.15) is 0 Å². The predicted molar refractivity (Wildman–Crippen MR) is 76.3 cm³/mol. The lowest BCUT2D eigenvalue weighted by atomic mass is 10.3. The van der Waals surface area contributed by atoms with Crippen molar-refractivity contribution >= 4 is 29.3 Å². The molecule has 0 saturated heterocycles. The summed E-state index contributed by atoms with van der Waals surface area (Å²) in [6.07, 6.45) is 0. The fourth-order valence-electron chi connectivity index (χ4n) is 1.39. The predicted octanol–water partition coefficient (Wildman–Crippen LogP) is 4.31. The van der Waals surface area contributed by atoms with Crippen LogP contribution in [-0.2, 0) is 4.79 Å². The molecular weight excluding hydrogens is 284 g/mol. The monoisotopic (exact) mass is 294 g/mol. The molecule has 1 N–H and O–H groups in total. The fraction of sp³-hybridized carbons (Fsp3) is 0.0714. The lowest BCUT2D eigenvalue weighted by Gasteiger charge is -2.06. The maximum absolute atomic E-state index is 10.5. The number of rotatable bonds is 5. The first-order valence-electron chi connectivity index (χ1n) is 5.51. The number of hydrogen-bond acceptors (Lipinski definition) is 3. The van der Waals surface area contributed by atoms with Gasteiger partial charge >= 0.3 is 5.97 Å². The van der Waals surface area contributed by atoms with Gasteiger partial charge in [0.05, 0.1) is 5.75 Å². The van der Waals surface area contributed by atoms with Crippen molar-refractivity contribution in [3.05, 3.63) is 53.6 Å². The van der Waals surface area contributed by atoms with Gasteiger partial charge in [-0.3, -0.25) is 4.79 Å². The van der Waals surface area contributed by atoms with Crippen LogP contribution in [0.3, 0.4) is 0 Å². The summed E-state index contributed by atoms with van der Waals surface area (Å²) in [6.45, 7) is 0. The van der Waals surface area contributed by atoms with Crippen molar-refractivity contribution < 1.29 is 14.6 Å². The van der Waals surface area contributed by atoms with E-state index in [0.29, 0.717) is 16.5 Å². The van der Waals surface area contributed by atoms with Gasteiger partial charge < -0.3 is 9.84 Å². The summed E-state index contributed by atoms with van der Waals surface area (Å²) in [4.78, 5) is 11.3. The minimum absolute atomic E-state index is 0.0530. The summed E-state index contributed by atoms with van der Waals surface area (Å²) in [5, 5.41) is 9.25. The van der Waals surface area contributed by atoms with Gasteiger partial charge in [-0.15, -0.1) is 11.8 Å². The van der Waals surface area contributed by atoms with Gasteiger partial charge in [-0.1, -0.05) is 11.6 Å². The Kier molecular flexibility index (Phi) is 4.71. The number of hydrogen-bond donors (Lipinski definition) is 1. The molecule has 0 spiro atoms. The highest BCUT2D eigenvalue weighted by molar-refractivity contribution is 8.00. The van der Waals surface area contributed by atoms with E-state index in [1.807, 2.05) is 12.1 Å². The fourth-order valence-corrected chi connectivity index (χ4v) is 2.13. The third-order valence-corrected chi connectivity index (χ3v) is 3.48. The molecule has 98 valence electrons. The highest BCUT2D eigenvalue weighted by atomic mass is 35.5. The van der Waals surface area contributed by atoms with Crippen LogP contribution >= 0.6 is 23.4 Å². The van der Waals surface area contributed by atoms with Crippen molar-refractivity contribution in [3.8, 4) is 11.5 Å². The van der Waals surface area contributed by atoms with Gasteiger partial charge in [0.2, 0.25) is 0 Å². The molecule has 0 unspecified atom stereocenters. The second-order valence-electron chi connectivity index (χ2n) is 3.71. The zero-order chi connectivity index (χ0) is 13.7. The largest absolute Gasteiger partial charge is 0.481 e. The highest BCUT2D eigenvalue weighted by Gasteiger charge is 2.01. The number of carboxylic acid groups (broad SMARTS) is 1. The van der Waals surface area contributed by atoms with Crippen molar-refractivity contribution in [2.75, 3.05) is 5.75 Å². The van der Waals surface area contributed by atoms with Crippen LogP contribution in [0.2, 0.25) is 5.02 Å². The molecule has 0 atom stereocenters. The number of ether oxygens (including phenoxy) is 1. The molecule has 2 aromatic carbocycles. The Balaban J connectivity index is 1.98. The van der Waals surface area contributed by atoms with Gasteiger partial charge in [0.15, 0.2) is 0 Å². The van der Waals surface area contributed by atoms with Gasteiger partial charge in [0, 0.05) is 9.92 Å². The summed E-state index contributed by atoms with van der Waals surface area (Å²) in [6, 6.07) is 14.4. The summed E-state index contributed by atoms with van der Waals surface area (Å²) in [7, 11) is 0. The van der Waals surface area contributed by atoms with Crippen LogP contribution in [-0.4, -0.2) is 16.8 Å². The Bertz CT molecular complexity index is 552. The number of thioether (sulfide) groups is 1. The van der Waals surface area contributed by atoms with Crippen LogP contribution < -0.4 is 4.74 Å². The molecule has 0 aliphatic carbocycles. The average Bonchev–Trinajstić information content (AvgIpc) is 2.40. The summed E-state index contributed by atoms with van der Waals surface area (Å²) in [5.41, 5.74) is 0. The number of aliphatic carboxylic acids is 1. The van der Waals surface area contributed by atoms with Gasteiger partial charge in [-0.25, -0.2) is 0 Å². The molecule has 2 rings (SSSR count). The van der Waals surface area contributed by atoms with E-state index >= 15 is 0 Å². The Morgan fingerprint density at radius 2 is 1.58 bits per heavy atom. The maximum atomic E-state index is 10.5. The van der Waals surface area contributed by atoms with Crippen molar-refractivity contribution in [1.29, 1.82) is 0 Å². The first-order chi connectivity index (χ1) is 9.13. The van der Waals surface area contributed by atoms with Gasteiger partial charge in [0.1, 0.15) is 11.5 Å². The first-order valence-corrected chi connectivity index (χ1v) is 6.88. The topological polar surface area (TPSA) is 46.5 Å². The molecule has 0 saturated carbocycles. The van der Waals surface area contributed by atoms with E-state index in [1.54, 1.807) is 36.4 Å². The van der Waals surface area contributed by atoms with E-state index in [1.165, 1.54) is 11.8 Å². The second kappa shape index (κ2) is 6.50. The van der Waals surface area contributed by atoms with Crippen LogP contribution in [0.15, 0.2) is 53.4 Å². The Hall–Kier alpha value is -1.65. The van der Waals surface area contributed by atoms with Crippen molar-refractivity contribution in [1.82, 2.24) is 0 Å². The number of carboxylic acids is 1. The number of benzene rings is 2. The summed E-state index contributed by atoms with van der Waals surface area (Å²) >= 11 is 7.06. The first kappa shape index (κ1) is 13.8. The van der Waals surface area contributed by atoms with E-state index in [2.05, 4.69) is 0 Å². The maximum Gasteiger partial charge on any atom is 0.313 e. The molecular formula is C14H11ClO3S. The molecule has 0 aliphatic heterocycles. The van der Waals surface area contributed by atoms with Gasteiger partial charge in [0.25, 0.3) is 0 Å². The minimum Gasteiger partial charge on any atom is -0.481 e. The molecule has 0 fully saturated rings.